The van der Waals surface area contributed by atoms with Crippen molar-refractivity contribution in [3.05, 3.63) is 58.8 Å². The Morgan fingerprint density at radius 2 is 2.09 bits per heavy atom. The number of amides is 1. The number of rotatable bonds is 3. The molecule has 0 spiro atoms. The second kappa shape index (κ2) is 5.01. The second-order valence-corrected chi connectivity index (χ2v) is 5.46. The predicted octanol–water partition coefficient (Wildman–Crippen LogP) is 3.46. The lowest BCUT2D eigenvalue weighted by Gasteiger charge is -2.13. The van der Waals surface area contributed by atoms with Gasteiger partial charge in [0.25, 0.3) is 0 Å². The zero-order chi connectivity index (χ0) is 16.0. The highest BCUT2D eigenvalue weighted by atomic mass is 16.3. The number of carbonyl (C=O) groups is 1. The third kappa shape index (κ3) is 1.81. The van der Waals surface area contributed by atoms with E-state index in [1.807, 2.05) is 37.3 Å². The van der Waals surface area contributed by atoms with Crippen LogP contribution in [0.25, 0.3) is 10.9 Å². The summed E-state index contributed by atoms with van der Waals surface area (Å²) in [4.78, 5) is 33.5. The quantitative estimate of drug-likeness (QED) is 0.753. The minimum atomic E-state index is -0.571. The normalized spacial score (nSPS) is 16.8. The molecule has 1 aliphatic heterocycles. The number of aromatic nitrogens is 2. The van der Waals surface area contributed by atoms with Gasteiger partial charge in [-0.05, 0) is 24.2 Å². The average Bonchev–Trinajstić information content (AvgIpc) is 3.08. The van der Waals surface area contributed by atoms with Crippen LogP contribution in [0.5, 0.6) is 0 Å². The number of pyridine rings is 1. The van der Waals surface area contributed by atoms with Gasteiger partial charge in [0.15, 0.2) is 0 Å². The maximum atomic E-state index is 12.9. The van der Waals surface area contributed by atoms with Crippen LogP contribution in [0.3, 0.4) is 0 Å². The molecule has 3 aromatic rings. The lowest BCUT2D eigenvalue weighted by molar-refractivity contribution is -0.118. The van der Waals surface area contributed by atoms with E-state index in [1.54, 1.807) is 17.2 Å². The largest absolute Gasteiger partial charge is 0.356 e. The van der Waals surface area contributed by atoms with E-state index in [1.165, 1.54) is 0 Å². The van der Waals surface area contributed by atoms with Gasteiger partial charge in [-0.25, -0.2) is 4.98 Å². The van der Waals surface area contributed by atoms with E-state index in [2.05, 4.69) is 15.1 Å². The van der Waals surface area contributed by atoms with Crippen LogP contribution in [-0.4, -0.2) is 22.4 Å². The molecule has 3 heterocycles. The van der Waals surface area contributed by atoms with Crippen molar-refractivity contribution in [3.8, 4) is 0 Å². The number of nitrogens with one attached hydrogen (secondary N) is 1. The number of anilines is 1. The number of H-pyrrole nitrogens is 1. The molecule has 0 aliphatic carbocycles. The Labute approximate surface area is 132 Å². The number of nitroso groups, excluding NO2 is 1. The minimum absolute atomic E-state index is 0.0855. The van der Waals surface area contributed by atoms with Crippen molar-refractivity contribution >= 4 is 28.3 Å². The standard InChI is InChI=1S/C17H14N4O2/c1-2-21-16-11(7-5-9-18-16)13(17(21)22)15-14(20-23)10-6-3-4-8-12(10)19-15/h3-9,13,19H,2H2,1H3. The number of hydrogen-bond acceptors (Lipinski definition) is 4. The number of fused-ring (bicyclic) bond motifs is 2. The highest BCUT2D eigenvalue weighted by Gasteiger charge is 2.41. The summed E-state index contributed by atoms with van der Waals surface area (Å²) in [5.74, 6) is -0.00286. The third-order valence-corrected chi connectivity index (χ3v) is 4.30. The lowest BCUT2D eigenvalue weighted by Crippen LogP contribution is -2.29. The number of nitrogens with zero attached hydrogens (tertiary/aromatic N) is 3. The van der Waals surface area contributed by atoms with E-state index in [9.17, 15) is 9.70 Å². The van der Waals surface area contributed by atoms with Crippen molar-refractivity contribution in [1.29, 1.82) is 0 Å². The van der Waals surface area contributed by atoms with Gasteiger partial charge >= 0.3 is 0 Å². The first-order chi connectivity index (χ1) is 11.3. The van der Waals surface area contributed by atoms with E-state index < -0.39 is 5.92 Å². The first-order valence-corrected chi connectivity index (χ1v) is 7.46. The summed E-state index contributed by atoms with van der Waals surface area (Å²) >= 11 is 0. The molecule has 0 fully saturated rings. The zero-order valence-electron chi connectivity index (χ0n) is 12.5. The van der Waals surface area contributed by atoms with Gasteiger partial charge in [-0.2, -0.15) is 0 Å². The average molecular weight is 306 g/mol. The maximum absolute atomic E-state index is 12.9. The molecule has 1 aliphatic rings. The number of hydrogen-bond donors (Lipinski definition) is 1. The van der Waals surface area contributed by atoms with Gasteiger partial charge < -0.3 is 4.98 Å². The molecule has 0 bridgehead atoms. The van der Waals surface area contributed by atoms with Crippen LogP contribution in [-0.2, 0) is 4.79 Å². The summed E-state index contributed by atoms with van der Waals surface area (Å²) in [6.07, 6.45) is 1.67. The van der Waals surface area contributed by atoms with Gasteiger partial charge in [-0.15, -0.1) is 4.91 Å². The van der Waals surface area contributed by atoms with Gasteiger partial charge in [-0.3, -0.25) is 9.69 Å². The van der Waals surface area contributed by atoms with Crippen LogP contribution in [0.15, 0.2) is 47.8 Å². The number of benzene rings is 1. The van der Waals surface area contributed by atoms with Crippen molar-refractivity contribution < 1.29 is 4.79 Å². The monoisotopic (exact) mass is 306 g/mol. The van der Waals surface area contributed by atoms with Crippen molar-refractivity contribution in [2.45, 2.75) is 12.8 Å². The van der Waals surface area contributed by atoms with Gasteiger partial charge in [0.1, 0.15) is 17.4 Å². The summed E-state index contributed by atoms with van der Waals surface area (Å²) in [5, 5.41) is 3.92. The smallest absolute Gasteiger partial charge is 0.241 e. The van der Waals surface area contributed by atoms with E-state index in [0.717, 1.165) is 16.5 Å². The first-order valence-electron chi connectivity index (χ1n) is 7.46. The van der Waals surface area contributed by atoms with E-state index >= 15 is 0 Å². The lowest BCUT2D eigenvalue weighted by atomic mass is 9.97. The molecular weight excluding hydrogens is 292 g/mol. The fraction of sp³-hybridized carbons (Fsp3) is 0.176. The molecule has 1 amide bonds. The van der Waals surface area contributed by atoms with E-state index in [4.69, 9.17) is 0 Å². The highest BCUT2D eigenvalue weighted by Crippen LogP contribution is 2.44. The molecule has 23 heavy (non-hydrogen) atoms. The number of carbonyl (C=O) groups excluding carboxylic acids is 1. The van der Waals surface area contributed by atoms with Crippen LogP contribution in [0, 0.1) is 4.91 Å². The molecule has 0 radical (unpaired) electrons. The van der Waals surface area contributed by atoms with Crippen molar-refractivity contribution in [1.82, 2.24) is 9.97 Å². The topological polar surface area (TPSA) is 78.4 Å². The zero-order valence-corrected chi connectivity index (χ0v) is 12.5. The Bertz CT molecular complexity index is 931. The summed E-state index contributed by atoms with van der Waals surface area (Å²) in [5.41, 5.74) is 2.43. The van der Waals surface area contributed by atoms with Gasteiger partial charge in [0.05, 0.1) is 5.69 Å². The summed E-state index contributed by atoms with van der Waals surface area (Å²) in [7, 11) is 0. The molecule has 4 rings (SSSR count). The molecule has 1 N–H and O–H groups in total. The van der Waals surface area contributed by atoms with E-state index in [0.29, 0.717) is 23.7 Å². The van der Waals surface area contributed by atoms with Crippen molar-refractivity contribution in [2.24, 2.45) is 5.18 Å². The molecule has 114 valence electrons. The van der Waals surface area contributed by atoms with Crippen LogP contribution in [0.1, 0.15) is 24.1 Å². The molecule has 6 heteroatoms. The number of para-hydroxylation sites is 1. The SMILES string of the molecule is CCN1C(=O)C(c2[nH]c3ccccc3c2N=O)c2cccnc21. The predicted molar refractivity (Wildman–Crippen MR) is 87.9 cm³/mol. The molecular formula is C17H14N4O2. The van der Waals surface area contributed by atoms with Crippen molar-refractivity contribution in [3.63, 3.8) is 0 Å². The fourth-order valence-corrected chi connectivity index (χ4v) is 3.29. The molecule has 1 aromatic carbocycles. The van der Waals surface area contributed by atoms with Crippen molar-refractivity contribution in [2.75, 3.05) is 11.4 Å². The van der Waals surface area contributed by atoms with Gasteiger partial charge in [0, 0.05) is 29.2 Å². The Morgan fingerprint density at radius 1 is 1.26 bits per heavy atom. The number of likely N-dealkylation sites (N-methyl/N-ethyl adjacent to an activating group) is 1. The Morgan fingerprint density at radius 3 is 2.87 bits per heavy atom. The Hall–Kier alpha value is -3.02. The fourth-order valence-electron chi connectivity index (χ4n) is 3.29. The van der Waals surface area contributed by atoms with Gasteiger partial charge in [-0.1, -0.05) is 24.3 Å². The summed E-state index contributed by atoms with van der Waals surface area (Å²) in [6, 6.07) is 11.1. The number of aromatic amines is 1. The second-order valence-electron chi connectivity index (χ2n) is 5.46. The van der Waals surface area contributed by atoms with E-state index in [-0.39, 0.29) is 5.91 Å². The van der Waals surface area contributed by atoms with Crippen LogP contribution >= 0.6 is 0 Å². The maximum Gasteiger partial charge on any atom is 0.241 e. The molecule has 2 aromatic heterocycles. The van der Waals surface area contributed by atoms with Crippen LogP contribution < -0.4 is 4.90 Å². The van der Waals surface area contributed by atoms with Gasteiger partial charge in [0.2, 0.25) is 5.91 Å². The molecule has 1 unspecified atom stereocenters. The third-order valence-electron chi connectivity index (χ3n) is 4.30. The molecule has 6 nitrogen and oxygen atoms in total. The summed E-state index contributed by atoms with van der Waals surface area (Å²) < 4.78 is 0. The minimum Gasteiger partial charge on any atom is -0.356 e. The summed E-state index contributed by atoms with van der Waals surface area (Å²) in [6.45, 7) is 2.44. The Balaban J connectivity index is 1.98. The molecule has 1 atom stereocenters. The highest BCUT2D eigenvalue weighted by molar-refractivity contribution is 6.08. The Kier molecular flexibility index (Phi) is 2.97. The first kappa shape index (κ1) is 13.6. The van der Waals surface area contributed by atoms with Crippen LogP contribution in [0.2, 0.25) is 0 Å². The molecule has 0 saturated carbocycles. The van der Waals surface area contributed by atoms with Crippen LogP contribution in [0.4, 0.5) is 11.5 Å². The molecule has 0 saturated heterocycles.